The van der Waals surface area contributed by atoms with E-state index in [0.29, 0.717) is 6.42 Å². The molecule has 1 aliphatic heterocycles. The highest BCUT2D eigenvalue weighted by atomic mass is 32.2. The Morgan fingerprint density at radius 3 is 2.37 bits per heavy atom. The molecule has 144 valence electrons. The fraction of sp³-hybridized carbons (Fsp3) is 0.381. The first kappa shape index (κ1) is 19.6. The highest BCUT2D eigenvalue weighted by Gasteiger charge is 2.44. The molecule has 0 fully saturated rings. The summed E-state index contributed by atoms with van der Waals surface area (Å²) in [7, 11) is -3.86. The number of nitrogens with zero attached hydrogens (tertiary/aromatic N) is 1. The molecule has 27 heavy (non-hydrogen) atoms. The quantitative estimate of drug-likeness (QED) is 0.753. The van der Waals surface area contributed by atoms with Crippen molar-refractivity contribution in [1.82, 2.24) is 4.31 Å². The fourth-order valence-electron chi connectivity index (χ4n) is 3.63. The molecule has 3 rings (SSSR count). The maximum Gasteiger partial charge on any atom is 0.324 e. The summed E-state index contributed by atoms with van der Waals surface area (Å²) in [5.41, 5.74) is 3.96. The summed E-state index contributed by atoms with van der Waals surface area (Å²) >= 11 is 0. The van der Waals surface area contributed by atoms with E-state index in [0.717, 1.165) is 22.3 Å². The molecule has 2 aromatic rings. The summed E-state index contributed by atoms with van der Waals surface area (Å²) in [4.78, 5) is 12.8. The number of hydrogen-bond donors (Lipinski definition) is 0. The Hall–Kier alpha value is -2.18. The maximum absolute atomic E-state index is 13.4. The van der Waals surface area contributed by atoms with Gasteiger partial charge in [-0.15, -0.1) is 0 Å². The summed E-state index contributed by atoms with van der Waals surface area (Å²) in [5.74, 6) is -0.508. The highest BCUT2D eigenvalue weighted by Crippen LogP contribution is 2.38. The zero-order valence-corrected chi connectivity index (χ0v) is 16.9. The topological polar surface area (TPSA) is 63.7 Å². The molecule has 0 aliphatic carbocycles. The minimum atomic E-state index is -3.86. The number of hydrogen-bond acceptors (Lipinski definition) is 4. The summed E-state index contributed by atoms with van der Waals surface area (Å²) in [6.07, 6.45) is 0.309. The van der Waals surface area contributed by atoms with Crippen molar-refractivity contribution in [2.45, 2.75) is 51.1 Å². The largest absolute Gasteiger partial charge is 0.465 e. The molecule has 1 heterocycles. The summed E-state index contributed by atoms with van der Waals surface area (Å²) in [6, 6.07) is 11.3. The zero-order valence-electron chi connectivity index (χ0n) is 16.1. The predicted octanol–water partition coefficient (Wildman–Crippen LogP) is 3.54. The second-order valence-electron chi connectivity index (χ2n) is 7.00. The van der Waals surface area contributed by atoms with Gasteiger partial charge in [0.25, 0.3) is 0 Å². The Morgan fingerprint density at radius 1 is 1.11 bits per heavy atom. The molecule has 5 nitrogen and oxygen atoms in total. The van der Waals surface area contributed by atoms with Crippen LogP contribution in [0.5, 0.6) is 0 Å². The third-order valence-corrected chi connectivity index (χ3v) is 7.00. The molecular weight excluding hydrogens is 362 g/mol. The average Bonchev–Trinajstić information content (AvgIpc) is 2.62. The molecule has 0 aromatic heterocycles. The van der Waals surface area contributed by atoms with E-state index in [1.165, 1.54) is 4.31 Å². The normalized spacial score (nSPS) is 20.1. The van der Waals surface area contributed by atoms with Crippen LogP contribution in [0.15, 0.2) is 47.4 Å². The third kappa shape index (κ3) is 3.64. The number of aryl methyl sites for hydroxylation is 2. The minimum absolute atomic E-state index is 0.186. The molecule has 0 bridgehead atoms. The van der Waals surface area contributed by atoms with E-state index in [2.05, 4.69) is 0 Å². The first-order valence-corrected chi connectivity index (χ1v) is 10.6. The number of carbonyl (C=O) groups excluding carboxylic acids is 1. The van der Waals surface area contributed by atoms with Crippen LogP contribution in [0, 0.1) is 13.8 Å². The first-order valence-electron chi connectivity index (χ1n) is 9.12. The van der Waals surface area contributed by atoms with Crippen molar-refractivity contribution >= 4 is 16.0 Å². The molecular formula is C21H25NO4S. The summed E-state index contributed by atoms with van der Waals surface area (Å²) in [6.45, 7) is 7.64. The Bertz CT molecular complexity index is 951. The van der Waals surface area contributed by atoms with Crippen LogP contribution in [-0.4, -0.2) is 31.3 Å². The van der Waals surface area contributed by atoms with Crippen molar-refractivity contribution in [3.63, 3.8) is 0 Å². The van der Waals surface area contributed by atoms with Crippen LogP contribution < -0.4 is 0 Å². The number of sulfonamides is 1. The van der Waals surface area contributed by atoms with Crippen molar-refractivity contribution in [2.24, 2.45) is 0 Å². The first-order chi connectivity index (χ1) is 12.8. The van der Waals surface area contributed by atoms with Crippen molar-refractivity contribution in [2.75, 3.05) is 6.61 Å². The van der Waals surface area contributed by atoms with E-state index >= 15 is 0 Å². The van der Waals surface area contributed by atoms with Crippen LogP contribution in [0.2, 0.25) is 0 Å². The van der Waals surface area contributed by atoms with Gasteiger partial charge >= 0.3 is 5.97 Å². The van der Waals surface area contributed by atoms with E-state index in [4.69, 9.17) is 4.74 Å². The molecule has 0 saturated carbocycles. The second kappa shape index (κ2) is 7.44. The van der Waals surface area contributed by atoms with Crippen molar-refractivity contribution in [3.05, 3.63) is 64.7 Å². The molecule has 0 radical (unpaired) electrons. The van der Waals surface area contributed by atoms with Gasteiger partial charge in [0.2, 0.25) is 10.0 Å². The van der Waals surface area contributed by atoms with Crippen LogP contribution in [0.3, 0.4) is 0 Å². The predicted molar refractivity (Wildman–Crippen MR) is 104 cm³/mol. The van der Waals surface area contributed by atoms with Gasteiger partial charge in [-0.1, -0.05) is 41.5 Å². The SMILES string of the molecule is CCOC(=O)C1Cc2ccc(C)cc2C(C)N1S(=O)(=O)c1ccc(C)cc1. The highest BCUT2D eigenvalue weighted by molar-refractivity contribution is 7.89. The Balaban J connectivity index is 2.13. The Morgan fingerprint density at radius 2 is 1.74 bits per heavy atom. The molecule has 1 aliphatic rings. The van der Waals surface area contributed by atoms with E-state index < -0.39 is 28.1 Å². The minimum Gasteiger partial charge on any atom is -0.465 e. The van der Waals surface area contributed by atoms with Crippen molar-refractivity contribution in [3.8, 4) is 0 Å². The van der Waals surface area contributed by atoms with Crippen LogP contribution in [0.4, 0.5) is 0 Å². The van der Waals surface area contributed by atoms with Gasteiger partial charge in [0.05, 0.1) is 11.5 Å². The monoisotopic (exact) mass is 387 g/mol. The molecule has 6 heteroatoms. The van der Waals surface area contributed by atoms with Crippen LogP contribution >= 0.6 is 0 Å². The molecule has 0 amide bonds. The van der Waals surface area contributed by atoms with Crippen molar-refractivity contribution in [1.29, 1.82) is 0 Å². The van der Waals surface area contributed by atoms with Crippen LogP contribution in [0.25, 0.3) is 0 Å². The second-order valence-corrected chi connectivity index (χ2v) is 8.84. The van der Waals surface area contributed by atoms with Gasteiger partial charge in [-0.25, -0.2) is 8.42 Å². The molecule has 2 unspecified atom stereocenters. The Labute approximate surface area is 161 Å². The van der Waals surface area contributed by atoms with Crippen LogP contribution in [-0.2, 0) is 26.0 Å². The van der Waals surface area contributed by atoms with Crippen molar-refractivity contribution < 1.29 is 17.9 Å². The maximum atomic E-state index is 13.4. The number of rotatable bonds is 4. The summed E-state index contributed by atoms with van der Waals surface area (Å²) in [5, 5.41) is 0. The van der Waals surface area contributed by atoms with Crippen LogP contribution in [0.1, 0.15) is 42.1 Å². The number of fused-ring (bicyclic) bond motifs is 1. The Kier molecular flexibility index (Phi) is 5.40. The number of esters is 1. The lowest BCUT2D eigenvalue weighted by Crippen LogP contribution is -2.51. The van der Waals surface area contributed by atoms with Gasteiger partial charge in [0.15, 0.2) is 0 Å². The zero-order chi connectivity index (χ0) is 19.8. The average molecular weight is 388 g/mol. The van der Waals surface area contributed by atoms with E-state index in [9.17, 15) is 13.2 Å². The molecule has 2 atom stereocenters. The lowest BCUT2D eigenvalue weighted by atomic mass is 9.89. The lowest BCUT2D eigenvalue weighted by Gasteiger charge is -2.39. The third-order valence-electron chi connectivity index (χ3n) is 5.01. The van der Waals surface area contributed by atoms with Gasteiger partial charge in [0, 0.05) is 12.5 Å². The van der Waals surface area contributed by atoms with Gasteiger partial charge in [-0.05, 0) is 51.0 Å². The lowest BCUT2D eigenvalue weighted by molar-refractivity contribution is -0.148. The molecule has 2 aromatic carbocycles. The number of benzene rings is 2. The van der Waals surface area contributed by atoms with Gasteiger partial charge in [-0.3, -0.25) is 4.79 Å². The number of carbonyl (C=O) groups is 1. The van der Waals surface area contributed by atoms with Gasteiger partial charge in [0.1, 0.15) is 6.04 Å². The molecule has 0 spiro atoms. The van der Waals surface area contributed by atoms with E-state index in [1.807, 2.05) is 39.0 Å². The summed E-state index contributed by atoms with van der Waals surface area (Å²) < 4.78 is 33.4. The van der Waals surface area contributed by atoms with Gasteiger partial charge < -0.3 is 4.74 Å². The fourth-order valence-corrected chi connectivity index (χ4v) is 5.38. The van der Waals surface area contributed by atoms with E-state index in [1.54, 1.807) is 31.2 Å². The van der Waals surface area contributed by atoms with Gasteiger partial charge in [-0.2, -0.15) is 4.31 Å². The molecule has 0 N–H and O–H groups in total. The van der Waals surface area contributed by atoms with E-state index in [-0.39, 0.29) is 11.5 Å². The molecule has 0 saturated heterocycles. The number of ether oxygens (including phenoxy) is 1. The standard InChI is InChI=1S/C21H25NO4S/c1-5-26-21(23)20-13-17-9-6-15(3)12-19(17)16(4)22(20)27(24,25)18-10-7-14(2)8-11-18/h6-12,16,20H,5,13H2,1-4H3. The smallest absolute Gasteiger partial charge is 0.324 e.